The summed E-state index contributed by atoms with van der Waals surface area (Å²) in [6.07, 6.45) is 51.5. The highest BCUT2D eigenvalue weighted by molar-refractivity contribution is 7.47. The van der Waals surface area contributed by atoms with Gasteiger partial charge in [0.15, 0.2) is 12.2 Å². The molecule has 0 fully saturated rings. The summed E-state index contributed by atoms with van der Waals surface area (Å²) in [5.41, 5.74) is 0. The molecule has 3 unspecified atom stereocenters. The van der Waals surface area contributed by atoms with E-state index in [9.17, 15) is 43.2 Å². The average molecular weight is 1410 g/mol. The first-order chi connectivity index (χ1) is 46.1. The number of rotatable bonds is 74. The Morgan fingerprint density at radius 3 is 0.740 bits per heavy atom. The quantitative estimate of drug-likeness (QED) is 0.0222. The van der Waals surface area contributed by atoms with E-state index in [-0.39, 0.29) is 25.7 Å². The van der Waals surface area contributed by atoms with Crippen molar-refractivity contribution < 1.29 is 80.2 Å². The van der Waals surface area contributed by atoms with Crippen molar-refractivity contribution in [2.75, 3.05) is 39.6 Å². The molecule has 0 aromatic heterocycles. The second-order valence-corrected chi connectivity index (χ2v) is 32.3. The Kier molecular flexibility index (Phi) is 65.0. The first-order valence-corrected chi connectivity index (χ1v) is 42.7. The van der Waals surface area contributed by atoms with Gasteiger partial charge in [-0.15, -0.1) is 0 Å². The van der Waals surface area contributed by atoms with Crippen LogP contribution >= 0.6 is 15.6 Å². The van der Waals surface area contributed by atoms with E-state index < -0.39 is 97.5 Å². The third-order valence-electron chi connectivity index (χ3n) is 18.2. The summed E-state index contributed by atoms with van der Waals surface area (Å²) in [6.45, 7) is 14.2. The van der Waals surface area contributed by atoms with Crippen LogP contribution in [0.4, 0.5) is 0 Å². The van der Waals surface area contributed by atoms with Gasteiger partial charge in [0.1, 0.15) is 19.3 Å². The molecule has 570 valence electrons. The Morgan fingerprint density at radius 1 is 0.292 bits per heavy atom. The van der Waals surface area contributed by atoms with Crippen LogP contribution in [0.3, 0.4) is 0 Å². The van der Waals surface area contributed by atoms with Crippen LogP contribution in [0.2, 0.25) is 0 Å². The van der Waals surface area contributed by atoms with Crippen molar-refractivity contribution in [3.8, 4) is 0 Å². The van der Waals surface area contributed by atoms with Crippen molar-refractivity contribution in [2.24, 2.45) is 23.7 Å². The number of hydrogen-bond acceptors (Lipinski definition) is 15. The van der Waals surface area contributed by atoms with Crippen LogP contribution in [-0.2, 0) is 65.4 Å². The van der Waals surface area contributed by atoms with E-state index >= 15 is 0 Å². The minimum Gasteiger partial charge on any atom is -0.462 e. The fourth-order valence-corrected chi connectivity index (χ4v) is 13.3. The lowest BCUT2D eigenvalue weighted by Gasteiger charge is -2.21. The highest BCUT2D eigenvalue weighted by Gasteiger charge is 2.30. The van der Waals surface area contributed by atoms with Gasteiger partial charge in [-0.2, -0.15) is 0 Å². The number of aliphatic hydroxyl groups excluding tert-OH is 1. The predicted molar refractivity (Wildman–Crippen MR) is 391 cm³/mol. The number of phosphoric ester groups is 2. The molecular formula is C77H150O17P2. The zero-order valence-electron chi connectivity index (χ0n) is 63.0. The van der Waals surface area contributed by atoms with Crippen molar-refractivity contribution in [1.29, 1.82) is 0 Å². The summed E-state index contributed by atoms with van der Waals surface area (Å²) < 4.78 is 68.5. The van der Waals surface area contributed by atoms with Gasteiger partial charge in [-0.3, -0.25) is 37.3 Å². The molecule has 0 radical (unpaired) electrons. The summed E-state index contributed by atoms with van der Waals surface area (Å²) >= 11 is 0. The van der Waals surface area contributed by atoms with Crippen molar-refractivity contribution >= 4 is 39.5 Å². The Hall–Kier alpha value is -1.94. The van der Waals surface area contributed by atoms with Gasteiger partial charge in [0.2, 0.25) is 0 Å². The van der Waals surface area contributed by atoms with Crippen LogP contribution in [0.1, 0.15) is 389 Å². The van der Waals surface area contributed by atoms with Crippen LogP contribution in [0.5, 0.6) is 0 Å². The van der Waals surface area contributed by atoms with E-state index in [2.05, 4.69) is 55.4 Å². The number of unbranched alkanes of at least 4 members (excludes halogenated alkanes) is 39. The SMILES string of the molecule is CCC(C)CCCCCCCCC(=O)OC[C@H](COP(=O)(O)OC[C@H](O)COP(=O)(O)OC[C@@H](COC(=O)CCCCCCCCCCCCCC(C)C)OC(=O)CCCCCCCCCCCCCCCCCCCCC(C)C)OC(=O)CCCCCCCCCCC(C)C. The van der Waals surface area contributed by atoms with Crippen LogP contribution in [0.25, 0.3) is 0 Å². The van der Waals surface area contributed by atoms with E-state index in [0.29, 0.717) is 25.7 Å². The summed E-state index contributed by atoms with van der Waals surface area (Å²) in [5.74, 6) is 0.918. The molecule has 0 rings (SSSR count). The largest absolute Gasteiger partial charge is 0.472 e. The monoisotopic (exact) mass is 1410 g/mol. The standard InChI is InChI=1S/C77H150O17P2/c1-9-70(8)56-48-40-35-36-42-50-58-75(80)88-64-73(94-77(82)60-52-44-34-28-27-31-39-47-55-69(6)7)66-92-96(85,86)90-62-71(78)61-89-95(83,84)91-65-72(63-87-74(79)57-49-41-32-25-22-18-20-24-30-38-46-54-68(4)5)93-76(81)59-51-43-33-26-21-17-15-13-11-10-12-14-16-19-23-29-37-45-53-67(2)3/h67-73,78H,9-66H2,1-8H3,(H,83,84)(H,85,86)/t70?,71-,72-,73-/m1/s1. The lowest BCUT2D eigenvalue weighted by molar-refractivity contribution is -0.161. The van der Waals surface area contributed by atoms with Gasteiger partial charge in [0.25, 0.3) is 0 Å². The summed E-state index contributed by atoms with van der Waals surface area (Å²) in [5, 5.41) is 10.6. The number of aliphatic hydroxyl groups is 1. The number of hydrogen-bond donors (Lipinski definition) is 3. The van der Waals surface area contributed by atoms with Crippen molar-refractivity contribution in [3.63, 3.8) is 0 Å². The highest BCUT2D eigenvalue weighted by Crippen LogP contribution is 2.45. The Balaban J connectivity index is 5.21. The van der Waals surface area contributed by atoms with E-state index in [1.807, 2.05) is 0 Å². The minimum atomic E-state index is -4.96. The lowest BCUT2D eigenvalue weighted by Crippen LogP contribution is -2.30. The van der Waals surface area contributed by atoms with Crippen molar-refractivity contribution in [3.05, 3.63) is 0 Å². The molecule has 0 aliphatic rings. The lowest BCUT2D eigenvalue weighted by atomic mass is 10.00. The summed E-state index contributed by atoms with van der Waals surface area (Å²) in [6, 6.07) is 0. The molecule has 0 aromatic rings. The smallest absolute Gasteiger partial charge is 0.462 e. The first-order valence-electron chi connectivity index (χ1n) is 39.7. The number of phosphoric acid groups is 2. The summed E-state index contributed by atoms with van der Waals surface area (Å²) in [4.78, 5) is 72.8. The molecule has 0 bridgehead atoms. The molecule has 19 heteroatoms. The molecule has 17 nitrogen and oxygen atoms in total. The van der Waals surface area contributed by atoms with Crippen LogP contribution in [-0.4, -0.2) is 96.7 Å². The van der Waals surface area contributed by atoms with Crippen LogP contribution < -0.4 is 0 Å². The molecule has 0 aromatic carbocycles. The molecule has 0 heterocycles. The predicted octanol–water partition coefficient (Wildman–Crippen LogP) is 22.4. The normalized spacial score (nSPS) is 14.4. The zero-order valence-corrected chi connectivity index (χ0v) is 64.8. The van der Waals surface area contributed by atoms with Gasteiger partial charge in [-0.25, -0.2) is 9.13 Å². The Morgan fingerprint density at radius 2 is 0.500 bits per heavy atom. The van der Waals surface area contributed by atoms with Crippen LogP contribution in [0, 0.1) is 23.7 Å². The number of esters is 4. The fourth-order valence-electron chi connectivity index (χ4n) is 11.7. The number of carbonyl (C=O) groups is 4. The van der Waals surface area contributed by atoms with Gasteiger partial charge >= 0.3 is 39.5 Å². The topological polar surface area (TPSA) is 237 Å². The molecule has 96 heavy (non-hydrogen) atoms. The Labute approximate surface area is 588 Å². The van der Waals surface area contributed by atoms with Gasteiger partial charge in [0, 0.05) is 25.7 Å². The van der Waals surface area contributed by atoms with E-state index in [0.717, 1.165) is 120 Å². The fraction of sp³-hybridized carbons (Fsp3) is 0.948. The summed E-state index contributed by atoms with van der Waals surface area (Å²) in [7, 11) is -9.91. The van der Waals surface area contributed by atoms with Crippen molar-refractivity contribution in [2.45, 2.75) is 408 Å². The molecule has 0 aliphatic heterocycles. The maximum absolute atomic E-state index is 13.1. The Bertz CT molecular complexity index is 1890. The molecule has 0 saturated heterocycles. The molecule has 0 saturated carbocycles. The molecule has 0 amide bonds. The van der Waals surface area contributed by atoms with Gasteiger partial charge < -0.3 is 33.8 Å². The maximum Gasteiger partial charge on any atom is 0.472 e. The van der Waals surface area contributed by atoms with Crippen LogP contribution in [0.15, 0.2) is 0 Å². The second-order valence-electron chi connectivity index (χ2n) is 29.4. The highest BCUT2D eigenvalue weighted by atomic mass is 31.2. The van der Waals surface area contributed by atoms with E-state index in [1.165, 1.54) is 186 Å². The molecule has 3 N–H and O–H groups in total. The maximum atomic E-state index is 13.1. The molecule has 6 atom stereocenters. The second kappa shape index (κ2) is 66.3. The number of ether oxygens (including phenoxy) is 4. The van der Waals surface area contributed by atoms with Gasteiger partial charge in [-0.05, 0) is 49.4 Å². The third kappa shape index (κ3) is 69.2. The number of carbonyl (C=O) groups excluding carboxylic acids is 4. The molecule has 0 aliphatic carbocycles. The first kappa shape index (κ1) is 94.1. The van der Waals surface area contributed by atoms with E-state index in [1.54, 1.807) is 0 Å². The van der Waals surface area contributed by atoms with E-state index in [4.69, 9.17) is 37.0 Å². The third-order valence-corrected chi connectivity index (χ3v) is 20.1. The van der Waals surface area contributed by atoms with Gasteiger partial charge in [-0.1, -0.05) is 338 Å². The minimum absolute atomic E-state index is 0.103. The molecular weight excluding hydrogens is 1260 g/mol. The van der Waals surface area contributed by atoms with Crippen molar-refractivity contribution in [1.82, 2.24) is 0 Å². The average Bonchev–Trinajstić information content (AvgIpc) is 1.45. The molecule has 0 spiro atoms. The zero-order chi connectivity index (χ0) is 71.0. The van der Waals surface area contributed by atoms with Gasteiger partial charge in [0.05, 0.1) is 26.4 Å².